The summed E-state index contributed by atoms with van der Waals surface area (Å²) in [6.45, 7) is 0. The van der Waals surface area contributed by atoms with Crippen LogP contribution in [0.3, 0.4) is 0 Å². The van der Waals surface area contributed by atoms with Gasteiger partial charge in [0.2, 0.25) is 0 Å². The first kappa shape index (κ1) is 11.7. The number of aliphatic hydroxyl groups excluding tert-OH is 1. The molecule has 0 aromatic heterocycles. The molecule has 1 saturated carbocycles. The molecular weight excluding hydrogens is 224 g/mol. The third-order valence-electron chi connectivity index (χ3n) is 3.37. The molecule has 0 radical (unpaired) electrons. The average molecular weight is 241 g/mol. The van der Waals surface area contributed by atoms with Gasteiger partial charge in [0, 0.05) is 11.4 Å². The van der Waals surface area contributed by atoms with Crippen molar-refractivity contribution in [2.24, 2.45) is 5.92 Å². The number of ether oxygens (including phenoxy) is 1. The normalized spacial score (nSPS) is 17.9. The van der Waals surface area contributed by atoms with Crippen molar-refractivity contribution in [2.45, 2.75) is 31.8 Å². The van der Waals surface area contributed by atoms with E-state index in [9.17, 15) is 5.11 Å². The molecule has 1 aromatic carbocycles. The summed E-state index contributed by atoms with van der Waals surface area (Å²) < 4.78 is 5.26. The first-order chi connectivity index (χ1) is 7.70. The van der Waals surface area contributed by atoms with Crippen LogP contribution in [0.25, 0.3) is 0 Å². The Morgan fingerprint density at radius 1 is 1.50 bits per heavy atom. The smallest absolute Gasteiger partial charge is 0.122 e. The predicted molar refractivity (Wildman–Crippen MR) is 65.1 cm³/mol. The summed E-state index contributed by atoms with van der Waals surface area (Å²) in [5, 5.41) is 10.7. The maximum Gasteiger partial charge on any atom is 0.122 e. The predicted octanol–water partition coefficient (Wildman–Crippen LogP) is 3.05. The van der Waals surface area contributed by atoms with Crippen LogP contribution in [0.2, 0.25) is 5.02 Å². The first-order valence-corrected chi connectivity index (χ1v) is 6.09. The van der Waals surface area contributed by atoms with Crippen molar-refractivity contribution in [1.29, 1.82) is 0 Å². The maximum atomic E-state index is 10.0. The molecule has 1 unspecified atom stereocenters. The number of halogens is 1. The van der Waals surface area contributed by atoms with E-state index in [1.54, 1.807) is 13.2 Å². The minimum Gasteiger partial charge on any atom is -0.496 e. The fourth-order valence-corrected chi connectivity index (χ4v) is 2.32. The van der Waals surface area contributed by atoms with Gasteiger partial charge in [0.1, 0.15) is 5.75 Å². The van der Waals surface area contributed by atoms with Crippen molar-refractivity contribution in [3.05, 3.63) is 28.8 Å². The summed E-state index contributed by atoms with van der Waals surface area (Å²) in [7, 11) is 1.64. The minimum absolute atomic E-state index is 0.263. The molecule has 2 nitrogen and oxygen atoms in total. The number of hydrogen-bond donors (Lipinski definition) is 1. The molecule has 0 heterocycles. The highest BCUT2D eigenvalue weighted by atomic mass is 35.5. The van der Waals surface area contributed by atoms with E-state index < -0.39 is 0 Å². The van der Waals surface area contributed by atoms with Crippen molar-refractivity contribution in [3.63, 3.8) is 0 Å². The SMILES string of the molecule is COc1ccc(Cl)cc1CC(O)C1CCC1. The van der Waals surface area contributed by atoms with E-state index in [0.717, 1.165) is 24.2 Å². The van der Waals surface area contributed by atoms with Gasteiger partial charge in [-0.2, -0.15) is 0 Å². The number of aliphatic hydroxyl groups is 1. The van der Waals surface area contributed by atoms with Gasteiger partial charge < -0.3 is 9.84 Å². The molecule has 1 fully saturated rings. The maximum absolute atomic E-state index is 10.0. The van der Waals surface area contributed by atoms with Crippen molar-refractivity contribution >= 4 is 11.6 Å². The summed E-state index contributed by atoms with van der Waals surface area (Å²) >= 11 is 5.95. The Morgan fingerprint density at radius 3 is 2.81 bits per heavy atom. The zero-order valence-electron chi connectivity index (χ0n) is 9.45. The minimum atomic E-state index is -0.263. The van der Waals surface area contributed by atoms with Gasteiger partial charge in [0.25, 0.3) is 0 Å². The topological polar surface area (TPSA) is 29.5 Å². The molecule has 1 aliphatic rings. The second kappa shape index (κ2) is 5.07. The van der Waals surface area contributed by atoms with Crippen molar-refractivity contribution in [2.75, 3.05) is 7.11 Å². The Labute approximate surface area is 101 Å². The number of hydrogen-bond acceptors (Lipinski definition) is 2. The Hall–Kier alpha value is -0.730. The molecule has 1 atom stereocenters. The standard InChI is InChI=1S/C13H17ClO2/c1-16-13-6-5-11(14)7-10(13)8-12(15)9-3-2-4-9/h5-7,9,12,15H,2-4,8H2,1H3. The lowest BCUT2D eigenvalue weighted by molar-refractivity contribution is 0.0625. The number of benzene rings is 1. The van der Waals surface area contributed by atoms with Gasteiger partial charge in [-0.15, -0.1) is 0 Å². The molecule has 1 N–H and O–H groups in total. The van der Waals surface area contributed by atoms with E-state index in [4.69, 9.17) is 16.3 Å². The quantitative estimate of drug-likeness (QED) is 0.877. The monoisotopic (exact) mass is 240 g/mol. The van der Waals surface area contributed by atoms with Crippen LogP contribution in [-0.2, 0) is 6.42 Å². The Kier molecular flexibility index (Phi) is 3.72. The zero-order chi connectivity index (χ0) is 11.5. The molecule has 0 saturated heterocycles. The number of rotatable bonds is 4. The van der Waals surface area contributed by atoms with Gasteiger partial charge in [-0.1, -0.05) is 18.0 Å². The highest BCUT2D eigenvalue weighted by molar-refractivity contribution is 6.30. The van der Waals surface area contributed by atoms with Gasteiger partial charge in [0.15, 0.2) is 0 Å². The van der Waals surface area contributed by atoms with Crippen LogP contribution in [0.15, 0.2) is 18.2 Å². The Balaban J connectivity index is 2.09. The highest BCUT2D eigenvalue weighted by Gasteiger charge is 2.26. The van der Waals surface area contributed by atoms with Crippen LogP contribution in [-0.4, -0.2) is 18.3 Å². The molecule has 3 heteroatoms. The van der Waals surface area contributed by atoms with Gasteiger partial charge in [0.05, 0.1) is 13.2 Å². The lowest BCUT2D eigenvalue weighted by Crippen LogP contribution is -2.28. The summed E-state index contributed by atoms with van der Waals surface area (Å²) in [5.74, 6) is 1.27. The lowest BCUT2D eigenvalue weighted by Gasteiger charge is -2.30. The Bertz CT molecular complexity index is 361. The summed E-state index contributed by atoms with van der Waals surface area (Å²) in [5.41, 5.74) is 0.995. The van der Waals surface area contributed by atoms with Crippen LogP contribution >= 0.6 is 11.6 Å². The molecule has 0 bridgehead atoms. The fourth-order valence-electron chi connectivity index (χ4n) is 2.12. The van der Waals surface area contributed by atoms with E-state index in [2.05, 4.69) is 0 Å². The van der Waals surface area contributed by atoms with Crippen LogP contribution in [0.4, 0.5) is 0 Å². The van der Waals surface area contributed by atoms with Gasteiger partial charge >= 0.3 is 0 Å². The molecule has 0 amide bonds. The second-order valence-corrected chi connectivity index (χ2v) is 4.86. The molecule has 1 aromatic rings. The summed E-state index contributed by atoms with van der Waals surface area (Å²) in [4.78, 5) is 0. The molecule has 0 aliphatic heterocycles. The van der Waals surface area contributed by atoms with Crippen LogP contribution in [0.1, 0.15) is 24.8 Å². The van der Waals surface area contributed by atoms with Crippen molar-refractivity contribution < 1.29 is 9.84 Å². The molecule has 2 rings (SSSR count). The molecule has 16 heavy (non-hydrogen) atoms. The van der Waals surface area contributed by atoms with Gasteiger partial charge in [-0.25, -0.2) is 0 Å². The molecule has 1 aliphatic carbocycles. The van der Waals surface area contributed by atoms with E-state index in [0.29, 0.717) is 17.4 Å². The largest absolute Gasteiger partial charge is 0.496 e. The number of methoxy groups -OCH3 is 1. The summed E-state index contributed by atoms with van der Waals surface area (Å²) in [6.07, 6.45) is 3.90. The first-order valence-electron chi connectivity index (χ1n) is 5.71. The van der Waals surface area contributed by atoms with Crippen LogP contribution < -0.4 is 4.74 Å². The fraction of sp³-hybridized carbons (Fsp3) is 0.538. The second-order valence-electron chi connectivity index (χ2n) is 4.42. The van der Waals surface area contributed by atoms with E-state index in [-0.39, 0.29) is 6.10 Å². The summed E-state index contributed by atoms with van der Waals surface area (Å²) in [6, 6.07) is 5.53. The highest BCUT2D eigenvalue weighted by Crippen LogP contribution is 2.33. The van der Waals surface area contributed by atoms with Gasteiger partial charge in [-0.05, 0) is 42.5 Å². The van der Waals surface area contributed by atoms with Crippen LogP contribution in [0, 0.1) is 5.92 Å². The van der Waals surface area contributed by atoms with Gasteiger partial charge in [-0.3, -0.25) is 0 Å². The molecule has 88 valence electrons. The van der Waals surface area contributed by atoms with Crippen LogP contribution in [0.5, 0.6) is 5.75 Å². The third-order valence-corrected chi connectivity index (χ3v) is 3.60. The third kappa shape index (κ3) is 2.50. The lowest BCUT2D eigenvalue weighted by atomic mass is 9.79. The van der Waals surface area contributed by atoms with Crippen molar-refractivity contribution in [1.82, 2.24) is 0 Å². The zero-order valence-corrected chi connectivity index (χ0v) is 10.2. The molecular formula is C13H17ClO2. The Morgan fingerprint density at radius 2 is 2.25 bits per heavy atom. The average Bonchev–Trinajstić information content (AvgIpc) is 2.15. The molecule has 0 spiro atoms. The van der Waals surface area contributed by atoms with E-state index in [1.807, 2.05) is 12.1 Å². The van der Waals surface area contributed by atoms with E-state index >= 15 is 0 Å². The van der Waals surface area contributed by atoms with Crippen molar-refractivity contribution in [3.8, 4) is 5.75 Å². The van der Waals surface area contributed by atoms with E-state index in [1.165, 1.54) is 6.42 Å².